The molecule has 0 heterocycles. The fourth-order valence-electron chi connectivity index (χ4n) is 0.441. The normalized spacial score (nSPS) is 9.07. The Morgan fingerprint density at radius 2 is 1.67 bits per heavy atom. The van der Waals surface area contributed by atoms with E-state index in [2.05, 4.69) is 6.58 Å². The van der Waals surface area contributed by atoms with Gasteiger partial charge in [-0.1, -0.05) is 9.62 Å². The Bertz CT molecular complexity index is 543. The molecule has 0 saturated heterocycles. The first-order valence-electron chi connectivity index (χ1n) is 3.11. The molecule has 0 fully saturated rings. The highest BCUT2D eigenvalue weighted by molar-refractivity contribution is 7.90. The van der Waals surface area contributed by atoms with Gasteiger partial charge in [-0.2, -0.15) is 21.6 Å². The van der Waals surface area contributed by atoms with Crippen LogP contribution in [0.4, 0.5) is 17.1 Å². The molecular formula is C8H2F4O2S. The minimum Gasteiger partial charge on any atom is -0.199 e. The van der Waals surface area contributed by atoms with Crippen molar-refractivity contribution in [3.8, 4) is 0 Å². The van der Waals surface area contributed by atoms with Crippen LogP contribution in [0.25, 0.3) is 0 Å². The molecule has 0 aromatic heterocycles. The Morgan fingerprint density at radius 1 is 1.13 bits per heavy atom. The number of rotatable bonds is 2. The van der Waals surface area contributed by atoms with Crippen LogP contribution in [0, 0.1) is 0 Å². The molecule has 0 rings (SSSR count). The van der Waals surface area contributed by atoms with E-state index in [1.165, 1.54) is 5.73 Å². The predicted octanol–water partition coefficient (Wildman–Crippen LogP) is 2.50. The zero-order chi connectivity index (χ0) is 12.1. The summed E-state index contributed by atoms with van der Waals surface area (Å²) in [5.41, 5.74) is 6.71. The van der Waals surface area contributed by atoms with E-state index in [9.17, 15) is 25.5 Å². The van der Waals surface area contributed by atoms with E-state index < -0.39 is 27.0 Å². The van der Waals surface area contributed by atoms with Crippen LogP contribution in [0.2, 0.25) is 0 Å². The Balaban J connectivity index is 6.19. The molecule has 0 radical (unpaired) electrons. The molecule has 80 valence electrons. The average Bonchev–Trinajstić information content (AvgIpc) is 2.09. The van der Waals surface area contributed by atoms with E-state index in [1.807, 2.05) is 11.5 Å². The second-order valence-electron chi connectivity index (χ2n) is 1.89. The lowest BCUT2D eigenvalue weighted by molar-refractivity contribution is 0.385. The molecule has 0 atom stereocenters. The largest absolute Gasteiger partial charge is 0.343 e. The molecular weight excluding hydrogens is 236 g/mol. The molecule has 0 saturated carbocycles. The van der Waals surface area contributed by atoms with E-state index in [0.29, 0.717) is 0 Å². The predicted molar refractivity (Wildman–Crippen MR) is 43.6 cm³/mol. The number of hydrogen-bond acceptors (Lipinski definition) is 2. The first-order chi connectivity index (χ1) is 6.80. The lowest BCUT2D eigenvalue weighted by atomic mass is 10.5. The maximum Gasteiger partial charge on any atom is 0.343 e. The Morgan fingerprint density at radius 3 is 2.00 bits per heavy atom. The smallest absolute Gasteiger partial charge is 0.199 e. The summed E-state index contributed by atoms with van der Waals surface area (Å²) in [5, 5.41) is 0. The zero-order valence-electron chi connectivity index (χ0n) is 6.94. The second kappa shape index (κ2) is 5.23. The van der Waals surface area contributed by atoms with Gasteiger partial charge in [-0.15, -0.1) is 0 Å². The van der Waals surface area contributed by atoms with E-state index in [-0.39, 0.29) is 0 Å². The Labute approximate surface area is 82.7 Å². The van der Waals surface area contributed by atoms with E-state index in [0.717, 1.165) is 0 Å². The fourth-order valence-corrected chi connectivity index (χ4v) is 0.905. The van der Waals surface area contributed by atoms with Crippen LogP contribution in [0.5, 0.6) is 0 Å². The van der Waals surface area contributed by atoms with E-state index in [1.54, 1.807) is 5.73 Å². The van der Waals surface area contributed by atoms with Crippen molar-refractivity contribution in [2.75, 3.05) is 0 Å². The van der Waals surface area contributed by atoms with Crippen molar-refractivity contribution in [1.82, 2.24) is 0 Å². The van der Waals surface area contributed by atoms with Gasteiger partial charge in [0.1, 0.15) is 0 Å². The van der Waals surface area contributed by atoms with E-state index in [4.69, 9.17) is 0 Å². The fraction of sp³-hybridized carbons (Fsp3) is 0. The van der Waals surface area contributed by atoms with Crippen molar-refractivity contribution in [2.45, 2.75) is 0 Å². The summed E-state index contributed by atoms with van der Waals surface area (Å²) < 4.78 is 68.4. The van der Waals surface area contributed by atoms with Gasteiger partial charge in [0.2, 0.25) is 5.83 Å². The van der Waals surface area contributed by atoms with Crippen molar-refractivity contribution in [1.29, 1.82) is 0 Å². The highest BCUT2D eigenvalue weighted by atomic mass is 32.3. The molecule has 0 spiro atoms. The molecule has 0 unspecified atom stereocenters. The third-order valence-corrected chi connectivity index (χ3v) is 1.70. The first-order valence-corrected chi connectivity index (χ1v) is 4.50. The Hall–Kier alpha value is -1.73. The maximum atomic E-state index is 12.4. The van der Waals surface area contributed by atoms with Crippen LogP contribution in [0.1, 0.15) is 0 Å². The molecule has 0 amide bonds. The lowest BCUT2D eigenvalue weighted by Gasteiger charge is -1.92. The van der Waals surface area contributed by atoms with Crippen LogP contribution in [-0.4, -0.2) is 8.42 Å². The van der Waals surface area contributed by atoms with Gasteiger partial charge in [0, 0.05) is 0 Å². The molecule has 0 aromatic rings. The maximum absolute atomic E-state index is 12.4. The van der Waals surface area contributed by atoms with Crippen molar-refractivity contribution >= 4 is 10.2 Å². The summed E-state index contributed by atoms with van der Waals surface area (Å²) in [7, 11) is -5.65. The van der Waals surface area contributed by atoms with Crippen molar-refractivity contribution < 1.29 is 25.5 Å². The standard InChI is InChI=1S/C8H2F4O2S/c1-2-3-4-5-6(15(12,13)14)7(9)8(10)11/h1H2. The second-order valence-corrected chi connectivity index (χ2v) is 3.18. The number of hydrogen-bond donors (Lipinski definition) is 0. The quantitative estimate of drug-likeness (QED) is 0.320. The zero-order valence-corrected chi connectivity index (χ0v) is 7.76. The molecule has 0 N–H and O–H groups in total. The minimum atomic E-state index is -5.65. The summed E-state index contributed by atoms with van der Waals surface area (Å²) in [6, 6.07) is 0. The van der Waals surface area contributed by atoms with Gasteiger partial charge in [-0.05, 0) is 23.8 Å². The summed E-state index contributed by atoms with van der Waals surface area (Å²) in [6.07, 6.45) is -2.98. The third kappa shape index (κ3) is 4.34. The van der Waals surface area contributed by atoms with Gasteiger partial charge in [0.05, 0.1) is 0 Å². The minimum absolute atomic E-state index is 1.32. The van der Waals surface area contributed by atoms with Gasteiger partial charge in [0.25, 0.3) is 0 Å². The van der Waals surface area contributed by atoms with Crippen molar-refractivity contribution in [3.05, 3.63) is 46.3 Å². The van der Waals surface area contributed by atoms with Crippen molar-refractivity contribution in [3.63, 3.8) is 0 Å². The van der Waals surface area contributed by atoms with Crippen LogP contribution in [-0.2, 0) is 10.2 Å². The third-order valence-electron chi connectivity index (χ3n) is 0.936. The number of allylic oxidation sites excluding steroid dienone is 1. The van der Waals surface area contributed by atoms with Gasteiger partial charge < -0.3 is 0 Å². The molecule has 0 aliphatic heterocycles. The van der Waals surface area contributed by atoms with Crippen LogP contribution in [0.15, 0.2) is 46.3 Å². The SMILES string of the molecule is C=C=C=C=C=C(C(F)=C(F)F)S(=O)(=O)F. The van der Waals surface area contributed by atoms with Crippen molar-refractivity contribution in [2.24, 2.45) is 0 Å². The van der Waals surface area contributed by atoms with Crippen LogP contribution in [0.3, 0.4) is 0 Å². The summed E-state index contributed by atoms with van der Waals surface area (Å²) in [6.45, 7) is 2.95. The highest BCUT2D eigenvalue weighted by Gasteiger charge is 2.25. The van der Waals surface area contributed by atoms with Gasteiger partial charge in [-0.3, -0.25) is 0 Å². The summed E-state index contributed by atoms with van der Waals surface area (Å²) in [4.78, 5) is -1.95. The lowest BCUT2D eigenvalue weighted by Crippen LogP contribution is -1.96. The van der Waals surface area contributed by atoms with Crippen LogP contribution >= 0.6 is 0 Å². The van der Waals surface area contributed by atoms with Gasteiger partial charge in [0.15, 0.2) is 4.91 Å². The van der Waals surface area contributed by atoms with Gasteiger partial charge in [-0.25, -0.2) is 0 Å². The highest BCUT2D eigenvalue weighted by Crippen LogP contribution is 2.23. The molecule has 15 heavy (non-hydrogen) atoms. The summed E-state index contributed by atoms with van der Waals surface area (Å²) >= 11 is 0. The topological polar surface area (TPSA) is 34.1 Å². The monoisotopic (exact) mass is 238 g/mol. The molecule has 0 aliphatic carbocycles. The first kappa shape index (κ1) is 13.3. The molecule has 0 aromatic carbocycles. The van der Waals surface area contributed by atoms with Crippen LogP contribution < -0.4 is 0 Å². The molecule has 2 nitrogen and oxygen atoms in total. The number of halogens is 4. The molecule has 0 aliphatic rings. The average molecular weight is 238 g/mol. The summed E-state index contributed by atoms with van der Waals surface area (Å²) in [5.74, 6) is -2.53. The molecule has 7 heteroatoms. The van der Waals surface area contributed by atoms with Gasteiger partial charge >= 0.3 is 16.3 Å². The van der Waals surface area contributed by atoms with E-state index >= 15 is 0 Å². The molecule has 0 bridgehead atoms. The Kier molecular flexibility index (Phi) is 4.62.